The van der Waals surface area contributed by atoms with Crippen molar-refractivity contribution in [3.63, 3.8) is 0 Å². The van der Waals surface area contributed by atoms with Crippen LogP contribution >= 0.6 is 0 Å². The first kappa shape index (κ1) is 63.4. The van der Waals surface area contributed by atoms with Gasteiger partial charge in [0.15, 0.2) is 0 Å². The van der Waals surface area contributed by atoms with Crippen LogP contribution in [0.1, 0.15) is 183 Å². The summed E-state index contributed by atoms with van der Waals surface area (Å²) in [7, 11) is 0. The molecule has 0 fully saturated rings. The third kappa shape index (κ3) is 16.1. The predicted octanol–water partition coefficient (Wildman–Crippen LogP) is 16.9. The third-order valence-corrected chi connectivity index (χ3v) is 15.9. The van der Waals surface area contributed by atoms with Gasteiger partial charge in [-0.3, -0.25) is 0 Å². The molecule has 7 aromatic carbocycles. The van der Waals surface area contributed by atoms with E-state index in [1.54, 1.807) is 0 Å². The van der Waals surface area contributed by atoms with Gasteiger partial charge >= 0.3 is 11.9 Å². The summed E-state index contributed by atoms with van der Waals surface area (Å²) in [5.74, 6) is 5.10. The Hall–Kier alpha value is -8.12. The Labute approximate surface area is 515 Å². The first-order valence-corrected chi connectivity index (χ1v) is 31.9. The van der Waals surface area contributed by atoms with Crippen molar-refractivity contribution in [2.45, 2.75) is 139 Å². The van der Waals surface area contributed by atoms with Crippen molar-refractivity contribution < 1.29 is 57.0 Å². The lowest BCUT2D eigenvalue weighted by molar-refractivity contribution is 0.0487. The van der Waals surface area contributed by atoms with E-state index in [4.69, 9.17) is 47.4 Å². The van der Waals surface area contributed by atoms with Gasteiger partial charge in [0.25, 0.3) is 0 Å². The Morgan fingerprint density at radius 2 is 0.494 bits per heavy atom. The van der Waals surface area contributed by atoms with Gasteiger partial charge in [-0.2, -0.15) is 0 Å². The zero-order chi connectivity index (χ0) is 61.1. The van der Waals surface area contributed by atoms with Crippen molar-refractivity contribution in [2.75, 3.05) is 66.1 Å². The van der Waals surface area contributed by atoms with Crippen molar-refractivity contribution in [1.82, 2.24) is 0 Å². The molecular formula is C75H88O12. The smallest absolute Gasteiger partial charge is 0.338 e. The van der Waals surface area contributed by atoms with Gasteiger partial charge < -0.3 is 47.4 Å². The van der Waals surface area contributed by atoms with E-state index in [1.807, 2.05) is 91.8 Å². The third-order valence-electron chi connectivity index (χ3n) is 15.9. The lowest BCUT2D eigenvalue weighted by atomic mass is 9.85. The molecule has 7 aromatic rings. The molecule has 2 aliphatic heterocycles. The van der Waals surface area contributed by atoms with E-state index in [0.717, 1.165) is 152 Å². The van der Waals surface area contributed by atoms with Gasteiger partial charge in [0.1, 0.15) is 46.0 Å². The van der Waals surface area contributed by atoms with Gasteiger partial charge in [-0.1, -0.05) is 62.8 Å². The SMILES string of the molecule is CCOc1cc2c(OCC)cc1Cc1cc(OCC)c(cc1OCC)Cc1cc(OCC)c(cc1OCC)Cc1cc3c(cc1-c1cccc(c1)C(=O)OCCCCCCCCCCOC(=O)c1cccc-3c1)Cc1cc(OCC)c(cc1OCC)C2. The fourth-order valence-corrected chi connectivity index (χ4v) is 11.9. The van der Waals surface area contributed by atoms with Crippen LogP contribution in [0.2, 0.25) is 0 Å². The molecule has 18 rings (SSSR count). The molecule has 0 radical (unpaired) electrons. The number of rotatable bonds is 16. The Morgan fingerprint density at radius 1 is 0.276 bits per heavy atom. The standard InChI is InChI=1S/C75H88O12/c1-9-78-66-44-58-37-60-46-72(84-15-7)62(48-70(60)82-13-5)39-63-49-71(83-14-6)61(47-73(63)85-16-8)38-59-45-67(79-10-2)57(43-69(59)81-12-4)36-55-41-64-50-27-25-29-52(33-50)74(76)86-31-23-21-19-17-18-20-22-24-32-87-75(77)53-30-26-28-51(34-53)65(55)40-54(64)35-56(66)42-68(58)80-11-3/h25-30,33-34,40-49H,9-24,31-32,35-39H2,1-8H3. The Kier molecular flexibility index (Phi) is 23.0. The molecule has 2 heterocycles. The van der Waals surface area contributed by atoms with Crippen LogP contribution in [-0.2, 0) is 41.6 Å². The maximum Gasteiger partial charge on any atom is 0.338 e. The number of hydrogen-bond acceptors (Lipinski definition) is 12. The molecular weight excluding hydrogens is 1090 g/mol. The topological polar surface area (TPSA) is 126 Å². The number of fused-ring (bicyclic) bond motifs is 13. The second-order valence-electron chi connectivity index (χ2n) is 22.0. The van der Waals surface area contributed by atoms with Crippen molar-refractivity contribution in [2.24, 2.45) is 0 Å². The summed E-state index contributed by atoms with van der Waals surface area (Å²) in [5.41, 5.74) is 13.8. The number of carbonyl (C=O) groups excluding carboxylic acids is 2. The second-order valence-corrected chi connectivity index (χ2v) is 22.0. The number of hydrogen-bond donors (Lipinski definition) is 0. The van der Waals surface area contributed by atoms with Crippen LogP contribution in [0, 0.1) is 0 Å². The molecule has 0 saturated carbocycles. The van der Waals surface area contributed by atoms with Crippen molar-refractivity contribution >= 4 is 11.9 Å². The van der Waals surface area contributed by atoms with Gasteiger partial charge in [0.2, 0.25) is 0 Å². The highest BCUT2D eigenvalue weighted by Gasteiger charge is 2.25. The minimum absolute atomic E-state index is 0.348. The van der Waals surface area contributed by atoms with E-state index in [1.165, 1.54) is 0 Å². The van der Waals surface area contributed by atoms with Gasteiger partial charge in [-0.25, -0.2) is 9.59 Å². The van der Waals surface area contributed by atoms with Gasteiger partial charge in [0, 0.05) is 76.6 Å². The Morgan fingerprint density at radius 3 is 0.736 bits per heavy atom. The minimum atomic E-state index is -0.357. The van der Waals surface area contributed by atoms with E-state index >= 15 is 0 Å². The number of benzene rings is 7. The normalized spacial score (nSPS) is 14.1. The number of ether oxygens (including phenoxy) is 10. The maximum atomic E-state index is 14.0. The summed E-state index contributed by atoms with van der Waals surface area (Å²) in [6, 6.07) is 36.9. The monoisotopic (exact) mass is 1180 g/mol. The molecule has 460 valence electrons. The average Bonchev–Trinajstić information content (AvgIpc) is 2.57. The van der Waals surface area contributed by atoms with E-state index < -0.39 is 0 Å². The van der Waals surface area contributed by atoms with E-state index in [2.05, 4.69) is 72.8 Å². The van der Waals surface area contributed by atoms with Crippen molar-refractivity contribution in [3.05, 3.63) is 176 Å². The molecule has 0 N–H and O–H groups in total. The highest BCUT2D eigenvalue weighted by Crippen LogP contribution is 2.44. The van der Waals surface area contributed by atoms with Crippen LogP contribution in [0.15, 0.2) is 109 Å². The molecule has 0 amide bonds. The molecule has 12 nitrogen and oxygen atoms in total. The average molecular weight is 1180 g/mol. The zero-order valence-corrected chi connectivity index (χ0v) is 52.6. The van der Waals surface area contributed by atoms with E-state index in [9.17, 15) is 9.59 Å². The van der Waals surface area contributed by atoms with Crippen LogP contribution in [0.5, 0.6) is 46.0 Å². The fourth-order valence-electron chi connectivity index (χ4n) is 11.9. The van der Waals surface area contributed by atoms with Crippen LogP contribution in [-0.4, -0.2) is 78.0 Å². The summed E-state index contributed by atoms with van der Waals surface area (Å²) < 4.78 is 64.7. The van der Waals surface area contributed by atoms with Crippen LogP contribution in [0.4, 0.5) is 0 Å². The summed E-state index contributed by atoms with van der Waals surface area (Å²) in [5, 5.41) is 0. The minimum Gasteiger partial charge on any atom is -0.494 e. The molecule has 0 unspecified atom stereocenters. The van der Waals surface area contributed by atoms with Crippen molar-refractivity contribution in [1.29, 1.82) is 0 Å². The molecule has 0 spiro atoms. The van der Waals surface area contributed by atoms with Crippen LogP contribution < -0.4 is 37.9 Å². The molecule has 9 aliphatic carbocycles. The molecule has 87 heavy (non-hydrogen) atoms. The Balaban J connectivity index is 1.35. The predicted molar refractivity (Wildman–Crippen MR) is 344 cm³/mol. The summed E-state index contributed by atoms with van der Waals surface area (Å²) in [4.78, 5) is 28.1. The first-order valence-electron chi connectivity index (χ1n) is 31.9. The number of carbonyl (C=O) groups is 2. The van der Waals surface area contributed by atoms with Gasteiger partial charge in [-0.15, -0.1) is 0 Å². The molecule has 0 aromatic heterocycles. The molecule has 16 bridgehead atoms. The van der Waals surface area contributed by atoms with Crippen LogP contribution in [0.25, 0.3) is 22.3 Å². The Bertz CT molecular complexity index is 3240. The molecule has 0 atom stereocenters. The quantitative estimate of drug-likeness (QED) is 0.0855. The highest BCUT2D eigenvalue weighted by molar-refractivity contribution is 5.93. The second kappa shape index (κ2) is 31.5. The maximum absolute atomic E-state index is 14.0. The highest BCUT2D eigenvalue weighted by atomic mass is 16.5. The van der Waals surface area contributed by atoms with Gasteiger partial charge in [0.05, 0.1) is 77.2 Å². The first-order chi connectivity index (χ1) is 42.6. The molecule has 12 heteroatoms. The van der Waals surface area contributed by atoms with E-state index in [-0.39, 0.29) is 11.9 Å². The fraction of sp³-hybridized carbons (Fsp3) is 0.413. The summed E-state index contributed by atoms with van der Waals surface area (Å²) in [6.45, 7) is 20.2. The largest absolute Gasteiger partial charge is 0.494 e. The number of esters is 2. The summed E-state index contributed by atoms with van der Waals surface area (Å²) in [6.07, 6.45) is 10.1. The molecule has 0 saturated heterocycles. The summed E-state index contributed by atoms with van der Waals surface area (Å²) >= 11 is 0. The lowest BCUT2D eigenvalue weighted by Crippen LogP contribution is -2.08. The van der Waals surface area contributed by atoms with E-state index in [0.29, 0.717) is 132 Å². The zero-order valence-electron chi connectivity index (χ0n) is 52.6. The molecule has 11 aliphatic rings. The van der Waals surface area contributed by atoms with Gasteiger partial charge in [-0.05, 0) is 187 Å². The lowest BCUT2D eigenvalue weighted by Gasteiger charge is -2.22. The van der Waals surface area contributed by atoms with Crippen molar-refractivity contribution in [3.8, 4) is 68.2 Å². The van der Waals surface area contributed by atoms with Crippen LogP contribution in [0.3, 0.4) is 0 Å².